The third-order valence-corrected chi connectivity index (χ3v) is 4.90. The van der Waals surface area contributed by atoms with Gasteiger partial charge in [-0.3, -0.25) is 4.90 Å². The van der Waals surface area contributed by atoms with E-state index in [9.17, 15) is 5.11 Å². The van der Waals surface area contributed by atoms with Crippen molar-refractivity contribution in [2.45, 2.75) is 31.5 Å². The summed E-state index contributed by atoms with van der Waals surface area (Å²) in [4.78, 5) is 3.99. The standard InChI is InChI=1S/C12H18N2OS/c1-8-9-3-5-16-12(9)2-4-14(8)10-6-13-7-11(10)15/h3,5,8,10-11,13,15H,2,4,6-7H2,1H3. The zero-order valence-corrected chi connectivity index (χ0v) is 10.3. The maximum absolute atomic E-state index is 9.96. The van der Waals surface area contributed by atoms with Crippen LogP contribution in [0, 0.1) is 0 Å². The average Bonchev–Trinajstić information content (AvgIpc) is 2.88. The number of hydrogen-bond acceptors (Lipinski definition) is 4. The molecule has 0 saturated carbocycles. The summed E-state index contributed by atoms with van der Waals surface area (Å²) in [7, 11) is 0. The Labute approximate surface area is 100 Å². The third kappa shape index (κ3) is 1.61. The number of hydrogen-bond donors (Lipinski definition) is 2. The quantitative estimate of drug-likeness (QED) is 0.766. The third-order valence-electron chi connectivity index (χ3n) is 3.90. The van der Waals surface area contributed by atoms with E-state index in [0.29, 0.717) is 12.1 Å². The van der Waals surface area contributed by atoms with E-state index >= 15 is 0 Å². The Bertz CT molecular complexity index is 379. The number of β-amino-alcohol motifs (C(OH)–C–C–N with tert-alkyl or cyclic N) is 1. The molecule has 0 aliphatic carbocycles. The second kappa shape index (κ2) is 4.11. The van der Waals surface area contributed by atoms with Gasteiger partial charge in [0.05, 0.1) is 6.10 Å². The number of aliphatic hydroxyl groups excluding tert-OH is 1. The van der Waals surface area contributed by atoms with Gasteiger partial charge in [-0.1, -0.05) is 0 Å². The molecule has 0 aromatic carbocycles. The maximum Gasteiger partial charge on any atom is 0.0832 e. The Kier molecular flexibility index (Phi) is 2.75. The second-order valence-corrected chi connectivity index (χ2v) is 5.76. The predicted octanol–water partition coefficient (Wildman–Crippen LogP) is 1.000. The highest BCUT2D eigenvalue weighted by molar-refractivity contribution is 7.10. The number of rotatable bonds is 1. The van der Waals surface area contributed by atoms with Crippen LogP contribution in [-0.2, 0) is 6.42 Å². The van der Waals surface area contributed by atoms with E-state index in [0.717, 1.165) is 26.1 Å². The smallest absolute Gasteiger partial charge is 0.0832 e. The van der Waals surface area contributed by atoms with E-state index in [2.05, 4.69) is 28.6 Å². The largest absolute Gasteiger partial charge is 0.390 e. The molecule has 1 aromatic heterocycles. The zero-order chi connectivity index (χ0) is 11.1. The lowest BCUT2D eigenvalue weighted by Crippen LogP contribution is -2.47. The van der Waals surface area contributed by atoms with Gasteiger partial charge in [0, 0.05) is 36.6 Å². The van der Waals surface area contributed by atoms with E-state index in [4.69, 9.17) is 0 Å². The van der Waals surface area contributed by atoms with E-state index in [1.54, 1.807) is 0 Å². The molecular weight excluding hydrogens is 220 g/mol. The van der Waals surface area contributed by atoms with Crippen molar-refractivity contribution in [3.05, 3.63) is 21.9 Å². The van der Waals surface area contributed by atoms with Crippen LogP contribution in [-0.4, -0.2) is 41.8 Å². The monoisotopic (exact) mass is 238 g/mol. The first kappa shape index (κ1) is 10.7. The topological polar surface area (TPSA) is 35.5 Å². The van der Waals surface area contributed by atoms with Crippen LogP contribution in [0.25, 0.3) is 0 Å². The van der Waals surface area contributed by atoms with Crippen LogP contribution in [0.15, 0.2) is 11.4 Å². The van der Waals surface area contributed by atoms with Crippen molar-refractivity contribution in [2.24, 2.45) is 0 Å². The minimum atomic E-state index is -0.206. The molecule has 0 bridgehead atoms. The molecule has 0 radical (unpaired) electrons. The first-order chi connectivity index (χ1) is 7.77. The Balaban J connectivity index is 1.84. The predicted molar refractivity (Wildman–Crippen MR) is 65.8 cm³/mol. The lowest BCUT2D eigenvalue weighted by atomic mass is 9.98. The minimum absolute atomic E-state index is 0.206. The molecule has 16 heavy (non-hydrogen) atoms. The van der Waals surface area contributed by atoms with Crippen molar-refractivity contribution in [1.82, 2.24) is 10.2 Å². The van der Waals surface area contributed by atoms with Crippen molar-refractivity contribution in [3.63, 3.8) is 0 Å². The Morgan fingerprint density at radius 2 is 2.38 bits per heavy atom. The van der Waals surface area contributed by atoms with E-state index in [1.165, 1.54) is 10.4 Å². The van der Waals surface area contributed by atoms with Gasteiger partial charge in [0.15, 0.2) is 0 Å². The van der Waals surface area contributed by atoms with Crippen LogP contribution in [0.4, 0.5) is 0 Å². The van der Waals surface area contributed by atoms with Crippen LogP contribution in [0.5, 0.6) is 0 Å². The molecule has 0 spiro atoms. The van der Waals surface area contributed by atoms with Crippen LogP contribution < -0.4 is 5.32 Å². The van der Waals surface area contributed by atoms with Gasteiger partial charge in [-0.15, -0.1) is 11.3 Å². The highest BCUT2D eigenvalue weighted by Crippen LogP contribution is 2.34. The summed E-state index contributed by atoms with van der Waals surface area (Å²) in [6.45, 7) is 5.00. The van der Waals surface area contributed by atoms with Crippen LogP contribution >= 0.6 is 11.3 Å². The van der Waals surface area contributed by atoms with Gasteiger partial charge in [-0.25, -0.2) is 0 Å². The summed E-state index contributed by atoms with van der Waals surface area (Å²) in [5.74, 6) is 0. The molecule has 3 unspecified atom stereocenters. The SMILES string of the molecule is CC1c2ccsc2CCN1C1CNCC1O. The second-order valence-electron chi connectivity index (χ2n) is 4.76. The fraction of sp³-hybridized carbons (Fsp3) is 0.667. The first-order valence-corrected chi connectivity index (χ1v) is 6.86. The van der Waals surface area contributed by atoms with Crippen molar-refractivity contribution in [3.8, 4) is 0 Å². The molecule has 1 saturated heterocycles. The summed E-state index contributed by atoms with van der Waals surface area (Å²) >= 11 is 1.87. The highest BCUT2D eigenvalue weighted by atomic mass is 32.1. The summed E-state index contributed by atoms with van der Waals surface area (Å²) in [5, 5.41) is 15.4. The zero-order valence-electron chi connectivity index (χ0n) is 9.52. The van der Waals surface area contributed by atoms with Gasteiger partial charge in [0.1, 0.15) is 0 Å². The maximum atomic E-state index is 9.96. The van der Waals surface area contributed by atoms with Gasteiger partial charge in [-0.05, 0) is 30.4 Å². The van der Waals surface area contributed by atoms with Gasteiger partial charge in [0.25, 0.3) is 0 Å². The van der Waals surface area contributed by atoms with Crippen LogP contribution in [0.1, 0.15) is 23.4 Å². The van der Waals surface area contributed by atoms with Gasteiger partial charge < -0.3 is 10.4 Å². The van der Waals surface area contributed by atoms with Crippen molar-refractivity contribution >= 4 is 11.3 Å². The fourth-order valence-electron chi connectivity index (χ4n) is 2.97. The number of fused-ring (bicyclic) bond motifs is 1. The van der Waals surface area contributed by atoms with Crippen molar-refractivity contribution < 1.29 is 5.11 Å². The molecule has 2 aliphatic heterocycles. The molecule has 3 rings (SSSR count). The van der Waals surface area contributed by atoms with Gasteiger partial charge in [0.2, 0.25) is 0 Å². The molecule has 2 aliphatic rings. The summed E-state index contributed by atoms with van der Waals surface area (Å²) in [6, 6.07) is 2.99. The Hall–Kier alpha value is -0.420. The summed E-state index contributed by atoms with van der Waals surface area (Å²) < 4.78 is 0. The molecule has 1 fully saturated rings. The van der Waals surface area contributed by atoms with Crippen LogP contribution in [0.2, 0.25) is 0 Å². The van der Waals surface area contributed by atoms with Crippen molar-refractivity contribution in [1.29, 1.82) is 0 Å². The fourth-order valence-corrected chi connectivity index (χ4v) is 3.93. The van der Waals surface area contributed by atoms with Crippen molar-refractivity contribution in [2.75, 3.05) is 19.6 Å². The lowest BCUT2D eigenvalue weighted by molar-refractivity contribution is 0.0541. The molecule has 0 amide bonds. The molecule has 2 N–H and O–H groups in total. The molecular formula is C12H18N2OS. The van der Waals surface area contributed by atoms with E-state index in [-0.39, 0.29) is 6.10 Å². The van der Waals surface area contributed by atoms with Gasteiger partial charge >= 0.3 is 0 Å². The Morgan fingerprint density at radius 1 is 1.50 bits per heavy atom. The summed E-state index contributed by atoms with van der Waals surface area (Å²) in [6.07, 6.45) is 0.934. The molecule has 3 nitrogen and oxygen atoms in total. The number of thiophene rings is 1. The number of nitrogens with zero attached hydrogens (tertiary/aromatic N) is 1. The number of nitrogens with one attached hydrogen (secondary N) is 1. The molecule has 88 valence electrons. The first-order valence-electron chi connectivity index (χ1n) is 5.98. The van der Waals surface area contributed by atoms with E-state index < -0.39 is 0 Å². The minimum Gasteiger partial charge on any atom is -0.390 e. The van der Waals surface area contributed by atoms with Crippen LogP contribution in [0.3, 0.4) is 0 Å². The molecule has 1 aromatic rings. The summed E-state index contributed by atoms with van der Waals surface area (Å²) in [5.41, 5.74) is 1.47. The van der Waals surface area contributed by atoms with Gasteiger partial charge in [-0.2, -0.15) is 0 Å². The highest BCUT2D eigenvalue weighted by Gasteiger charge is 2.36. The lowest BCUT2D eigenvalue weighted by Gasteiger charge is -2.39. The molecule has 3 heterocycles. The molecule has 3 atom stereocenters. The normalized spacial score (nSPS) is 35.2. The van der Waals surface area contributed by atoms with E-state index in [1.807, 2.05) is 11.3 Å². The number of aliphatic hydroxyl groups is 1. The Morgan fingerprint density at radius 3 is 3.12 bits per heavy atom. The molecule has 4 heteroatoms. The average molecular weight is 238 g/mol.